The molecule has 18 heavy (non-hydrogen) atoms. The van der Waals surface area contributed by atoms with Crippen LogP contribution in [-0.2, 0) is 4.74 Å². The maximum absolute atomic E-state index is 5.13. The summed E-state index contributed by atoms with van der Waals surface area (Å²) in [5, 5.41) is 6.17. The second-order valence-electron chi connectivity index (χ2n) is 3.69. The van der Waals surface area contributed by atoms with Crippen molar-refractivity contribution in [3.63, 3.8) is 0 Å². The van der Waals surface area contributed by atoms with Gasteiger partial charge in [-0.1, -0.05) is 0 Å². The first-order valence-electron chi connectivity index (χ1n) is 5.66. The van der Waals surface area contributed by atoms with Crippen LogP contribution in [0, 0.1) is 0 Å². The minimum atomic E-state index is 0.678. The number of hydrogen-bond acceptors (Lipinski definition) is 5. The Balaban J connectivity index is 2.04. The summed E-state index contributed by atoms with van der Waals surface area (Å²) in [4.78, 5) is 4.52. The fourth-order valence-electron chi connectivity index (χ4n) is 1.51. The Morgan fingerprint density at radius 2 is 2.00 bits per heavy atom. The lowest BCUT2D eigenvalue weighted by molar-refractivity contribution is 0.211. The lowest BCUT2D eigenvalue weighted by Crippen LogP contribution is -2.06. The number of anilines is 1. The maximum atomic E-state index is 5.13. The molecule has 1 N–H and O–H groups in total. The van der Waals surface area contributed by atoms with E-state index in [2.05, 4.69) is 10.3 Å². The Morgan fingerprint density at radius 1 is 1.22 bits per heavy atom. The average molecular weight is 264 g/mol. The van der Waals surface area contributed by atoms with Crippen LogP contribution >= 0.6 is 11.3 Å². The number of thiazole rings is 1. The van der Waals surface area contributed by atoms with Gasteiger partial charge in [-0.2, -0.15) is 0 Å². The molecule has 0 amide bonds. The highest BCUT2D eigenvalue weighted by atomic mass is 32.1. The largest absolute Gasteiger partial charge is 0.497 e. The van der Waals surface area contributed by atoms with E-state index in [0.29, 0.717) is 6.61 Å². The number of aromatic nitrogens is 1. The Hall–Kier alpha value is -1.59. The van der Waals surface area contributed by atoms with Crippen molar-refractivity contribution in [3.8, 4) is 17.0 Å². The smallest absolute Gasteiger partial charge is 0.183 e. The molecule has 2 rings (SSSR count). The third-order valence-corrected chi connectivity index (χ3v) is 3.27. The Labute approximate surface area is 111 Å². The second kappa shape index (κ2) is 6.37. The number of hydrogen-bond donors (Lipinski definition) is 1. The number of nitrogens with zero attached hydrogens (tertiary/aromatic N) is 1. The van der Waals surface area contributed by atoms with Gasteiger partial charge in [-0.05, 0) is 24.3 Å². The van der Waals surface area contributed by atoms with Gasteiger partial charge in [-0.25, -0.2) is 4.98 Å². The molecule has 0 aliphatic heterocycles. The first-order valence-corrected chi connectivity index (χ1v) is 6.54. The molecule has 0 spiro atoms. The SMILES string of the molecule is COCCNc1nc(-c2ccc(OC)cc2)cs1. The van der Waals surface area contributed by atoms with Crippen molar-refractivity contribution in [3.05, 3.63) is 29.6 Å². The van der Waals surface area contributed by atoms with E-state index in [9.17, 15) is 0 Å². The van der Waals surface area contributed by atoms with Crippen LogP contribution in [0.15, 0.2) is 29.6 Å². The Morgan fingerprint density at radius 3 is 2.67 bits per heavy atom. The molecule has 0 aliphatic carbocycles. The molecular weight excluding hydrogens is 248 g/mol. The van der Waals surface area contributed by atoms with E-state index in [1.165, 1.54) is 0 Å². The highest BCUT2D eigenvalue weighted by Crippen LogP contribution is 2.26. The fourth-order valence-corrected chi connectivity index (χ4v) is 2.26. The molecule has 0 saturated heterocycles. The van der Waals surface area contributed by atoms with E-state index in [0.717, 1.165) is 28.7 Å². The first-order chi connectivity index (χ1) is 8.83. The summed E-state index contributed by atoms with van der Waals surface area (Å²) < 4.78 is 10.1. The van der Waals surface area contributed by atoms with Gasteiger partial charge in [0.05, 0.1) is 19.4 Å². The van der Waals surface area contributed by atoms with Crippen molar-refractivity contribution >= 4 is 16.5 Å². The maximum Gasteiger partial charge on any atom is 0.183 e. The van der Waals surface area contributed by atoms with Gasteiger partial charge in [0.25, 0.3) is 0 Å². The highest BCUT2D eigenvalue weighted by Gasteiger charge is 2.04. The average Bonchev–Trinajstić information content (AvgIpc) is 2.88. The Bertz CT molecular complexity index is 482. The van der Waals surface area contributed by atoms with E-state index in [1.54, 1.807) is 25.6 Å². The standard InChI is InChI=1S/C13H16N2O2S/c1-16-8-7-14-13-15-12(9-18-13)10-3-5-11(17-2)6-4-10/h3-6,9H,7-8H2,1-2H3,(H,14,15). The number of rotatable bonds is 6. The van der Waals surface area contributed by atoms with E-state index in [1.807, 2.05) is 29.6 Å². The van der Waals surface area contributed by atoms with E-state index < -0.39 is 0 Å². The van der Waals surface area contributed by atoms with Crippen LogP contribution in [0.25, 0.3) is 11.3 Å². The van der Waals surface area contributed by atoms with Crippen LogP contribution in [0.4, 0.5) is 5.13 Å². The summed E-state index contributed by atoms with van der Waals surface area (Å²) in [6.07, 6.45) is 0. The van der Waals surface area contributed by atoms with Crippen LogP contribution in [-0.4, -0.2) is 32.4 Å². The molecule has 1 heterocycles. The van der Waals surface area contributed by atoms with Gasteiger partial charge in [-0.15, -0.1) is 11.3 Å². The summed E-state index contributed by atoms with van der Waals surface area (Å²) in [6.45, 7) is 1.45. The third kappa shape index (κ3) is 3.21. The monoisotopic (exact) mass is 264 g/mol. The van der Waals surface area contributed by atoms with Crippen molar-refractivity contribution < 1.29 is 9.47 Å². The molecule has 5 heteroatoms. The van der Waals surface area contributed by atoms with E-state index in [4.69, 9.17) is 9.47 Å². The predicted octanol–water partition coefficient (Wildman–Crippen LogP) is 2.88. The summed E-state index contributed by atoms with van der Waals surface area (Å²) in [5.41, 5.74) is 2.06. The van der Waals surface area contributed by atoms with Crippen LogP contribution in [0.5, 0.6) is 5.75 Å². The molecule has 0 saturated carbocycles. The van der Waals surface area contributed by atoms with E-state index in [-0.39, 0.29) is 0 Å². The molecular formula is C13H16N2O2S. The molecule has 1 aromatic heterocycles. The summed E-state index contributed by atoms with van der Waals surface area (Å²) in [7, 11) is 3.35. The van der Waals surface area contributed by atoms with Crippen LogP contribution < -0.4 is 10.1 Å². The minimum absolute atomic E-state index is 0.678. The van der Waals surface area contributed by atoms with Gasteiger partial charge in [0.15, 0.2) is 5.13 Å². The van der Waals surface area contributed by atoms with Crippen molar-refractivity contribution in [1.82, 2.24) is 4.98 Å². The number of benzene rings is 1. The molecule has 0 radical (unpaired) electrons. The molecule has 0 unspecified atom stereocenters. The molecule has 4 nitrogen and oxygen atoms in total. The minimum Gasteiger partial charge on any atom is -0.497 e. The fraction of sp³-hybridized carbons (Fsp3) is 0.308. The molecule has 96 valence electrons. The van der Waals surface area contributed by atoms with Crippen molar-refractivity contribution in [2.24, 2.45) is 0 Å². The van der Waals surface area contributed by atoms with Gasteiger partial charge in [-0.3, -0.25) is 0 Å². The van der Waals surface area contributed by atoms with Gasteiger partial charge >= 0.3 is 0 Å². The molecule has 0 fully saturated rings. The molecule has 1 aromatic carbocycles. The molecule has 2 aromatic rings. The topological polar surface area (TPSA) is 43.4 Å². The van der Waals surface area contributed by atoms with Crippen LogP contribution in [0.1, 0.15) is 0 Å². The second-order valence-corrected chi connectivity index (χ2v) is 4.54. The first kappa shape index (κ1) is 12.9. The van der Waals surface area contributed by atoms with Gasteiger partial charge in [0.1, 0.15) is 5.75 Å². The van der Waals surface area contributed by atoms with Crippen LogP contribution in [0.3, 0.4) is 0 Å². The van der Waals surface area contributed by atoms with Crippen molar-refractivity contribution in [2.45, 2.75) is 0 Å². The predicted molar refractivity (Wildman–Crippen MR) is 74.5 cm³/mol. The number of ether oxygens (including phenoxy) is 2. The summed E-state index contributed by atoms with van der Waals surface area (Å²) in [6, 6.07) is 7.89. The zero-order valence-electron chi connectivity index (χ0n) is 10.5. The highest BCUT2D eigenvalue weighted by molar-refractivity contribution is 7.14. The van der Waals surface area contributed by atoms with E-state index >= 15 is 0 Å². The zero-order valence-corrected chi connectivity index (χ0v) is 11.3. The quantitative estimate of drug-likeness (QED) is 0.815. The lowest BCUT2D eigenvalue weighted by atomic mass is 10.2. The van der Waals surface area contributed by atoms with Crippen molar-refractivity contribution in [1.29, 1.82) is 0 Å². The van der Waals surface area contributed by atoms with Crippen molar-refractivity contribution in [2.75, 3.05) is 32.7 Å². The van der Waals surface area contributed by atoms with Crippen LogP contribution in [0.2, 0.25) is 0 Å². The molecule has 0 atom stereocenters. The van der Waals surface area contributed by atoms with Gasteiger partial charge < -0.3 is 14.8 Å². The summed E-state index contributed by atoms with van der Waals surface area (Å²) in [5.74, 6) is 0.854. The third-order valence-electron chi connectivity index (χ3n) is 2.47. The Kier molecular flexibility index (Phi) is 4.55. The van der Waals surface area contributed by atoms with Gasteiger partial charge in [0, 0.05) is 24.6 Å². The molecule has 0 bridgehead atoms. The number of methoxy groups -OCH3 is 2. The zero-order chi connectivity index (χ0) is 12.8. The molecule has 0 aliphatic rings. The van der Waals surface area contributed by atoms with Gasteiger partial charge in [0.2, 0.25) is 0 Å². The normalized spacial score (nSPS) is 10.3. The summed E-state index contributed by atoms with van der Waals surface area (Å²) >= 11 is 1.60. The lowest BCUT2D eigenvalue weighted by Gasteiger charge is -2.01. The number of nitrogens with one attached hydrogen (secondary N) is 1.